The van der Waals surface area contributed by atoms with Crippen molar-refractivity contribution >= 4 is 40.7 Å². The van der Waals surface area contributed by atoms with E-state index in [2.05, 4.69) is 5.32 Å². The molecule has 4 nitrogen and oxygen atoms in total. The minimum Gasteiger partial charge on any atom is -0.345 e. The highest BCUT2D eigenvalue weighted by Gasteiger charge is 2.12. The van der Waals surface area contributed by atoms with Crippen LogP contribution >= 0.6 is 23.2 Å². The zero-order chi connectivity index (χ0) is 17.0. The maximum atomic E-state index is 12.1. The Labute approximate surface area is 145 Å². The summed E-state index contributed by atoms with van der Waals surface area (Å²) in [5.41, 5.74) is 1.71. The molecule has 0 aliphatic carbocycles. The van der Waals surface area contributed by atoms with Crippen LogP contribution in [0.25, 0.3) is 0 Å². The van der Waals surface area contributed by atoms with Gasteiger partial charge in [-0.15, -0.1) is 0 Å². The van der Waals surface area contributed by atoms with Crippen LogP contribution in [-0.2, 0) is 11.2 Å². The molecule has 2 rings (SSSR count). The number of amides is 2. The van der Waals surface area contributed by atoms with Gasteiger partial charge in [-0.05, 0) is 35.9 Å². The van der Waals surface area contributed by atoms with E-state index < -0.39 is 0 Å². The van der Waals surface area contributed by atoms with Gasteiger partial charge in [0, 0.05) is 24.7 Å². The van der Waals surface area contributed by atoms with Crippen molar-refractivity contribution in [2.75, 3.05) is 19.4 Å². The number of carbonyl (C=O) groups is 2. The monoisotopic (exact) mass is 350 g/mol. The molecule has 0 aliphatic rings. The van der Waals surface area contributed by atoms with Crippen molar-refractivity contribution in [1.82, 2.24) is 4.90 Å². The number of anilines is 1. The molecule has 2 aromatic carbocycles. The first-order valence-electron chi connectivity index (χ1n) is 6.92. The number of hydrogen-bond acceptors (Lipinski definition) is 2. The van der Waals surface area contributed by atoms with Crippen molar-refractivity contribution in [2.45, 2.75) is 6.42 Å². The van der Waals surface area contributed by atoms with Crippen LogP contribution in [0.4, 0.5) is 5.69 Å². The van der Waals surface area contributed by atoms with Crippen LogP contribution in [0.2, 0.25) is 10.0 Å². The van der Waals surface area contributed by atoms with Crippen LogP contribution in [0.1, 0.15) is 15.9 Å². The molecule has 0 fully saturated rings. The van der Waals surface area contributed by atoms with Crippen molar-refractivity contribution in [3.05, 3.63) is 63.6 Å². The fraction of sp³-hybridized carbons (Fsp3) is 0.176. The lowest BCUT2D eigenvalue weighted by molar-refractivity contribution is -0.115. The van der Waals surface area contributed by atoms with Gasteiger partial charge in [-0.25, -0.2) is 0 Å². The molecule has 0 saturated carbocycles. The maximum absolute atomic E-state index is 12.1. The maximum Gasteiger partial charge on any atom is 0.253 e. The van der Waals surface area contributed by atoms with E-state index in [0.717, 1.165) is 5.56 Å². The molecule has 0 aromatic heterocycles. The Balaban J connectivity index is 2.12. The second-order valence-corrected chi connectivity index (χ2v) is 6.09. The van der Waals surface area contributed by atoms with E-state index >= 15 is 0 Å². The van der Waals surface area contributed by atoms with Crippen LogP contribution in [0.15, 0.2) is 42.5 Å². The third-order valence-corrected chi connectivity index (χ3v) is 3.75. The molecule has 0 radical (unpaired) electrons. The predicted molar refractivity (Wildman–Crippen MR) is 93.3 cm³/mol. The Hall–Kier alpha value is -2.04. The second kappa shape index (κ2) is 7.49. The highest BCUT2D eigenvalue weighted by atomic mass is 35.5. The average Bonchev–Trinajstić information content (AvgIpc) is 2.51. The summed E-state index contributed by atoms with van der Waals surface area (Å²) in [6.45, 7) is 0. The van der Waals surface area contributed by atoms with E-state index in [9.17, 15) is 9.59 Å². The molecule has 1 N–H and O–H groups in total. The van der Waals surface area contributed by atoms with Gasteiger partial charge in [0.1, 0.15) is 0 Å². The van der Waals surface area contributed by atoms with E-state index in [0.29, 0.717) is 21.3 Å². The van der Waals surface area contributed by atoms with E-state index in [1.54, 1.807) is 56.6 Å². The normalized spacial score (nSPS) is 10.3. The first-order chi connectivity index (χ1) is 10.9. The highest BCUT2D eigenvalue weighted by Crippen LogP contribution is 2.24. The first-order valence-corrected chi connectivity index (χ1v) is 7.68. The van der Waals surface area contributed by atoms with Crippen molar-refractivity contribution in [3.8, 4) is 0 Å². The summed E-state index contributed by atoms with van der Waals surface area (Å²) in [5, 5.41) is 3.73. The third kappa shape index (κ3) is 4.71. The van der Waals surface area contributed by atoms with Gasteiger partial charge in [-0.2, -0.15) is 0 Å². The Kier molecular flexibility index (Phi) is 5.64. The minimum atomic E-state index is -0.219. The summed E-state index contributed by atoms with van der Waals surface area (Å²) in [4.78, 5) is 25.6. The molecule has 0 heterocycles. The van der Waals surface area contributed by atoms with E-state index in [1.807, 2.05) is 0 Å². The topological polar surface area (TPSA) is 49.4 Å². The van der Waals surface area contributed by atoms with Crippen LogP contribution < -0.4 is 5.32 Å². The van der Waals surface area contributed by atoms with Gasteiger partial charge in [0.25, 0.3) is 5.91 Å². The predicted octanol–water partition coefficient (Wildman–Crippen LogP) is 3.88. The average molecular weight is 351 g/mol. The summed E-state index contributed by atoms with van der Waals surface area (Å²) in [5.74, 6) is -0.376. The number of nitrogens with one attached hydrogen (secondary N) is 1. The minimum absolute atomic E-state index is 0.158. The van der Waals surface area contributed by atoms with E-state index in [-0.39, 0.29) is 18.2 Å². The first kappa shape index (κ1) is 17.3. The summed E-state index contributed by atoms with van der Waals surface area (Å²) >= 11 is 11.9. The van der Waals surface area contributed by atoms with Crippen LogP contribution in [0.5, 0.6) is 0 Å². The zero-order valence-corrected chi connectivity index (χ0v) is 14.3. The summed E-state index contributed by atoms with van der Waals surface area (Å²) in [6.07, 6.45) is 0.194. The Morgan fingerprint density at radius 3 is 2.30 bits per heavy atom. The molecule has 0 atom stereocenters. The fourth-order valence-electron chi connectivity index (χ4n) is 1.99. The van der Waals surface area contributed by atoms with Crippen molar-refractivity contribution in [1.29, 1.82) is 0 Å². The number of benzene rings is 2. The Bertz CT molecular complexity index is 728. The van der Waals surface area contributed by atoms with Crippen molar-refractivity contribution in [3.63, 3.8) is 0 Å². The molecule has 23 heavy (non-hydrogen) atoms. The largest absolute Gasteiger partial charge is 0.345 e. The molecule has 0 aliphatic heterocycles. The number of halogens is 2. The number of rotatable bonds is 4. The standard InChI is InChI=1S/C17H16Cl2N2O2/c1-21(2)17(23)12-5-8-14(19)15(10-12)20-16(22)9-11-3-6-13(18)7-4-11/h3-8,10H,9H2,1-2H3,(H,20,22). The Morgan fingerprint density at radius 1 is 1.04 bits per heavy atom. The van der Waals surface area contributed by atoms with Gasteiger partial charge < -0.3 is 10.2 Å². The molecule has 2 amide bonds. The summed E-state index contributed by atoms with van der Waals surface area (Å²) in [6, 6.07) is 11.8. The van der Waals surface area contributed by atoms with Gasteiger partial charge >= 0.3 is 0 Å². The fourth-order valence-corrected chi connectivity index (χ4v) is 2.29. The van der Waals surface area contributed by atoms with Crippen LogP contribution in [0, 0.1) is 0 Å². The van der Waals surface area contributed by atoms with Gasteiger partial charge in [0.05, 0.1) is 17.1 Å². The molecule has 0 saturated heterocycles. The van der Waals surface area contributed by atoms with Crippen LogP contribution in [-0.4, -0.2) is 30.8 Å². The lowest BCUT2D eigenvalue weighted by Crippen LogP contribution is -2.22. The SMILES string of the molecule is CN(C)C(=O)c1ccc(Cl)c(NC(=O)Cc2ccc(Cl)cc2)c1. The molecule has 0 bridgehead atoms. The summed E-state index contributed by atoms with van der Waals surface area (Å²) < 4.78 is 0. The highest BCUT2D eigenvalue weighted by molar-refractivity contribution is 6.34. The van der Waals surface area contributed by atoms with Gasteiger partial charge in [-0.1, -0.05) is 35.3 Å². The molecular formula is C17H16Cl2N2O2. The molecule has 0 unspecified atom stereocenters. The van der Waals surface area contributed by atoms with Gasteiger partial charge in [0.2, 0.25) is 5.91 Å². The zero-order valence-electron chi connectivity index (χ0n) is 12.8. The molecule has 120 valence electrons. The number of nitrogens with zero attached hydrogens (tertiary/aromatic N) is 1. The smallest absolute Gasteiger partial charge is 0.253 e. The number of carbonyl (C=O) groups excluding carboxylic acids is 2. The van der Waals surface area contributed by atoms with E-state index in [4.69, 9.17) is 23.2 Å². The number of hydrogen-bond donors (Lipinski definition) is 1. The van der Waals surface area contributed by atoms with Gasteiger partial charge in [-0.3, -0.25) is 9.59 Å². The van der Waals surface area contributed by atoms with E-state index in [1.165, 1.54) is 4.90 Å². The third-order valence-electron chi connectivity index (χ3n) is 3.17. The molecule has 2 aromatic rings. The van der Waals surface area contributed by atoms with Crippen LogP contribution in [0.3, 0.4) is 0 Å². The lowest BCUT2D eigenvalue weighted by atomic mass is 10.1. The molecule has 0 spiro atoms. The molecular weight excluding hydrogens is 335 g/mol. The van der Waals surface area contributed by atoms with Gasteiger partial charge in [0.15, 0.2) is 0 Å². The summed E-state index contributed by atoms with van der Waals surface area (Å²) in [7, 11) is 3.32. The quantitative estimate of drug-likeness (QED) is 0.909. The lowest BCUT2D eigenvalue weighted by Gasteiger charge is -2.13. The van der Waals surface area contributed by atoms with Crippen molar-refractivity contribution in [2.24, 2.45) is 0 Å². The second-order valence-electron chi connectivity index (χ2n) is 5.25. The Morgan fingerprint density at radius 2 is 1.70 bits per heavy atom. The van der Waals surface area contributed by atoms with Crippen molar-refractivity contribution < 1.29 is 9.59 Å². The molecule has 6 heteroatoms.